The van der Waals surface area contributed by atoms with Gasteiger partial charge in [0, 0.05) is 56.2 Å². The summed E-state index contributed by atoms with van der Waals surface area (Å²) >= 11 is 1.75. The lowest BCUT2D eigenvalue weighted by Gasteiger charge is -2.23. The largest absolute Gasteiger partial charge is 0.354 e. The van der Waals surface area contributed by atoms with Gasteiger partial charge in [0.2, 0.25) is 5.95 Å². The molecule has 1 aliphatic rings. The molecule has 0 radical (unpaired) electrons. The van der Waals surface area contributed by atoms with Gasteiger partial charge in [0.05, 0.1) is 16.9 Å². The number of hydrogen-bond donors (Lipinski definition) is 1. The molecule has 0 aromatic carbocycles. The van der Waals surface area contributed by atoms with E-state index in [1.165, 1.54) is 10.6 Å². The molecule has 0 bridgehead atoms. The van der Waals surface area contributed by atoms with Crippen molar-refractivity contribution in [3.05, 3.63) is 52.5 Å². The van der Waals surface area contributed by atoms with Gasteiger partial charge in [-0.2, -0.15) is 5.10 Å². The summed E-state index contributed by atoms with van der Waals surface area (Å²) in [5, 5.41) is 7.84. The van der Waals surface area contributed by atoms with Gasteiger partial charge in [-0.25, -0.2) is 15.0 Å². The quantitative estimate of drug-likeness (QED) is 0.720. The zero-order valence-electron chi connectivity index (χ0n) is 14.9. The molecule has 1 aliphatic heterocycles. The van der Waals surface area contributed by atoms with Crippen LogP contribution in [0.1, 0.15) is 22.7 Å². The molecule has 0 aliphatic carbocycles. The number of hydrogen-bond acceptors (Lipinski definition) is 7. The molecule has 3 aromatic rings. The number of rotatable bonds is 6. The Balaban J connectivity index is 1.41. The number of aromatic nitrogens is 5. The van der Waals surface area contributed by atoms with E-state index in [0.29, 0.717) is 11.9 Å². The Hall–Kier alpha value is -2.32. The predicted molar refractivity (Wildman–Crippen MR) is 102 cm³/mol. The minimum Gasteiger partial charge on any atom is -0.354 e. The molecule has 1 N–H and O–H groups in total. The standard InChI is InChI=1S/C18H23N7S/c1-14-17(26-13-22-14)12-24-9-15(10-25-16(11-24)4-8-23-25)3-7-21-18-19-5-2-6-20-18/h2,4-6,8,13,15H,3,7,9-12H2,1H3,(H,19,20,21)/t15-/m1/s1. The topological polar surface area (TPSA) is 71.8 Å². The Morgan fingerprint density at radius 3 is 2.88 bits per heavy atom. The zero-order chi connectivity index (χ0) is 17.8. The van der Waals surface area contributed by atoms with Crippen LogP contribution in [0.2, 0.25) is 0 Å². The van der Waals surface area contributed by atoms with E-state index in [2.05, 4.69) is 47.9 Å². The Morgan fingerprint density at radius 1 is 1.19 bits per heavy atom. The van der Waals surface area contributed by atoms with Crippen molar-refractivity contribution in [2.45, 2.75) is 33.0 Å². The molecule has 0 spiro atoms. The van der Waals surface area contributed by atoms with Crippen LogP contribution >= 0.6 is 11.3 Å². The van der Waals surface area contributed by atoms with Crippen molar-refractivity contribution < 1.29 is 0 Å². The maximum absolute atomic E-state index is 4.52. The Kier molecular flexibility index (Phi) is 5.21. The summed E-state index contributed by atoms with van der Waals surface area (Å²) < 4.78 is 2.16. The molecule has 4 rings (SSSR count). The lowest BCUT2D eigenvalue weighted by Crippen LogP contribution is -2.28. The zero-order valence-corrected chi connectivity index (χ0v) is 15.7. The van der Waals surface area contributed by atoms with E-state index in [4.69, 9.17) is 0 Å². The van der Waals surface area contributed by atoms with E-state index in [1.807, 2.05) is 17.8 Å². The van der Waals surface area contributed by atoms with Crippen LogP contribution in [0, 0.1) is 12.8 Å². The molecule has 0 unspecified atom stereocenters. The van der Waals surface area contributed by atoms with E-state index in [-0.39, 0.29) is 0 Å². The minimum absolute atomic E-state index is 0.528. The molecule has 0 saturated carbocycles. The average molecular weight is 369 g/mol. The first kappa shape index (κ1) is 17.1. The van der Waals surface area contributed by atoms with Crippen LogP contribution in [-0.2, 0) is 19.6 Å². The summed E-state index contributed by atoms with van der Waals surface area (Å²) in [5.74, 6) is 1.22. The van der Waals surface area contributed by atoms with Crippen LogP contribution in [-0.4, -0.2) is 42.7 Å². The van der Waals surface area contributed by atoms with E-state index < -0.39 is 0 Å². The SMILES string of the molecule is Cc1ncsc1CN1Cc2ccnn2C[C@H](CCNc2ncccn2)C1. The number of anilines is 1. The Labute approximate surface area is 157 Å². The number of nitrogens with one attached hydrogen (secondary N) is 1. The highest BCUT2D eigenvalue weighted by atomic mass is 32.1. The third kappa shape index (κ3) is 4.08. The minimum atomic E-state index is 0.528. The van der Waals surface area contributed by atoms with Gasteiger partial charge >= 0.3 is 0 Å². The van der Waals surface area contributed by atoms with Crippen molar-refractivity contribution in [3.63, 3.8) is 0 Å². The third-order valence-electron chi connectivity index (χ3n) is 4.75. The highest BCUT2D eigenvalue weighted by Crippen LogP contribution is 2.22. The summed E-state index contributed by atoms with van der Waals surface area (Å²) in [6.07, 6.45) is 6.48. The van der Waals surface area contributed by atoms with Crippen molar-refractivity contribution in [3.8, 4) is 0 Å². The fraction of sp³-hybridized carbons (Fsp3) is 0.444. The van der Waals surface area contributed by atoms with Crippen LogP contribution in [0.15, 0.2) is 36.2 Å². The number of aryl methyl sites for hydroxylation is 1. The molecule has 26 heavy (non-hydrogen) atoms. The Bertz CT molecular complexity index is 829. The summed E-state index contributed by atoms with van der Waals surface area (Å²) in [4.78, 5) is 16.7. The second-order valence-corrected chi connectivity index (χ2v) is 7.63. The lowest BCUT2D eigenvalue weighted by molar-refractivity contribution is 0.218. The summed E-state index contributed by atoms with van der Waals surface area (Å²) in [7, 11) is 0. The van der Waals surface area contributed by atoms with Crippen molar-refractivity contribution in [1.29, 1.82) is 0 Å². The predicted octanol–water partition coefficient (Wildman–Crippen LogP) is 2.57. The highest BCUT2D eigenvalue weighted by Gasteiger charge is 2.23. The van der Waals surface area contributed by atoms with Crippen molar-refractivity contribution >= 4 is 17.3 Å². The molecule has 8 heteroatoms. The van der Waals surface area contributed by atoms with Gasteiger partial charge in [-0.05, 0) is 31.4 Å². The number of fused-ring (bicyclic) bond motifs is 1. The van der Waals surface area contributed by atoms with Crippen LogP contribution in [0.25, 0.3) is 0 Å². The van der Waals surface area contributed by atoms with Gasteiger partial charge in [-0.1, -0.05) is 0 Å². The lowest BCUT2D eigenvalue weighted by atomic mass is 10.1. The van der Waals surface area contributed by atoms with E-state index in [9.17, 15) is 0 Å². The van der Waals surface area contributed by atoms with Crippen molar-refractivity contribution in [2.75, 3.05) is 18.4 Å². The second kappa shape index (κ2) is 7.92. The molecular formula is C18H23N7S. The van der Waals surface area contributed by atoms with Crippen LogP contribution in [0.4, 0.5) is 5.95 Å². The fourth-order valence-corrected chi connectivity index (χ4v) is 4.20. The van der Waals surface area contributed by atoms with Crippen molar-refractivity contribution in [2.24, 2.45) is 5.92 Å². The molecule has 3 aromatic heterocycles. The summed E-state index contributed by atoms with van der Waals surface area (Å²) in [6, 6.07) is 3.96. The van der Waals surface area contributed by atoms with Gasteiger partial charge in [-0.15, -0.1) is 11.3 Å². The maximum atomic E-state index is 4.52. The van der Waals surface area contributed by atoms with Crippen LogP contribution in [0.5, 0.6) is 0 Å². The number of thiazole rings is 1. The average Bonchev–Trinajstić information content (AvgIpc) is 3.21. The molecule has 4 heterocycles. The van der Waals surface area contributed by atoms with Gasteiger partial charge in [0.1, 0.15) is 0 Å². The highest BCUT2D eigenvalue weighted by molar-refractivity contribution is 7.09. The first-order valence-electron chi connectivity index (χ1n) is 8.91. The van der Waals surface area contributed by atoms with Gasteiger partial charge in [0.15, 0.2) is 0 Å². The van der Waals surface area contributed by atoms with Gasteiger partial charge in [-0.3, -0.25) is 9.58 Å². The van der Waals surface area contributed by atoms with Gasteiger partial charge in [0.25, 0.3) is 0 Å². The Morgan fingerprint density at radius 2 is 2.08 bits per heavy atom. The molecule has 136 valence electrons. The van der Waals surface area contributed by atoms with Crippen LogP contribution < -0.4 is 5.32 Å². The summed E-state index contributed by atoms with van der Waals surface area (Å²) in [6.45, 7) is 6.85. The number of nitrogens with zero attached hydrogens (tertiary/aromatic N) is 6. The maximum Gasteiger partial charge on any atom is 0.222 e. The van der Waals surface area contributed by atoms with E-state index in [1.54, 1.807) is 23.7 Å². The third-order valence-corrected chi connectivity index (χ3v) is 5.67. The van der Waals surface area contributed by atoms with E-state index >= 15 is 0 Å². The normalized spacial score (nSPS) is 17.7. The smallest absolute Gasteiger partial charge is 0.222 e. The monoisotopic (exact) mass is 369 g/mol. The second-order valence-electron chi connectivity index (χ2n) is 6.69. The molecule has 0 fully saturated rings. The molecule has 7 nitrogen and oxygen atoms in total. The summed E-state index contributed by atoms with van der Waals surface area (Å²) in [5.41, 5.74) is 4.37. The van der Waals surface area contributed by atoms with E-state index in [0.717, 1.165) is 44.8 Å². The molecule has 1 atom stereocenters. The fourth-order valence-electron chi connectivity index (χ4n) is 3.38. The van der Waals surface area contributed by atoms with Gasteiger partial charge < -0.3 is 5.32 Å². The molecular weight excluding hydrogens is 346 g/mol. The van der Waals surface area contributed by atoms with Crippen molar-refractivity contribution in [1.82, 2.24) is 29.6 Å². The molecule has 0 saturated heterocycles. The first-order valence-corrected chi connectivity index (χ1v) is 9.79. The van der Waals surface area contributed by atoms with Crippen LogP contribution in [0.3, 0.4) is 0 Å². The molecule has 0 amide bonds. The first-order chi connectivity index (χ1) is 12.8.